The number of likely N-dealkylation sites (tertiary alicyclic amines) is 1. The van der Waals surface area contributed by atoms with Gasteiger partial charge in [-0.25, -0.2) is 19.7 Å². The van der Waals surface area contributed by atoms with Gasteiger partial charge in [-0.05, 0) is 48.5 Å². The highest BCUT2D eigenvalue weighted by atomic mass is 16.6. The molecule has 2 aliphatic rings. The SMILES string of the molecule is CC(=O)N1CC(Oc2ncc(C(C)(C)N=[N+]=[N-])c3cc(Nc4ccc5c(n4)C(C)C(C)(C)OC5=O)ncc23)C1. The van der Waals surface area contributed by atoms with Crippen LogP contribution in [0.25, 0.3) is 21.2 Å². The summed E-state index contributed by atoms with van der Waals surface area (Å²) in [6.45, 7) is 11.8. The van der Waals surface area contributed by atoms with E-state index in [0.29, 0.717) is 52.8 Å². The third kappa shape index (κ3) is 4.79. The number of amides is 1. The quantitative estimate of drug-likeness (QED) is 0.202. The van der Waals surface area contributed by atoms with Crippen LogP contribution >= 0.6 is 0 Å². The number of hydrogen-bond donors (Lipinski definition) is 1. The van der Waals surface area contributed by atoms with Crippen LogP contribution in [0.1, 0.15) is 69.1 Å². The molecule has 1 unspecified atom stereocenters. The number of pyridine rings is 3. The molecule has 5 heterocycles. The van der Waals surface area contributed by atoms with Crippen LogP contribution in [-0.4, -0.2) is 56.5 Å². The van der Waals surface area contributed by atoms with Gasteiger partial charge in [-0.1, -0.05) is 25.9 Å². The average molecular weight is 531 g/mol. The van der Waals surface area contributed by atoms with Crippen LogP contribution in [0.2, 0.25) is 0 Å². The molecule has 1 fully saturated rings. The summed E-state index contributed by atoms with van der Waals surface area (Å²) in [5, 5.41) is 8.61. The molecule has 0 saturated carbocycles. The van der Waals surface area contributed by atoms with Crippen molar-refractivity contribution in [2.75, 3.05) is 18.4 Å². The first-order chi connectivity index (χ1) is 18.4. The molecule has 0 bridgehead atoms. The van der Waals surface area contributed by atoms with Gasteiger partial charge < -0.3 is 19.7 Å². The van der Waals surface area contributed by atoms with Crippen molar-refractivity contribution >= 4 is 34.3 Å². The first kappa shape index (κ1) is 26.2. The molecule has 3 aromatic heterocycles. The summed E-state index contributed by atoms with van der Waals surface area (Å²) in [5.74, 6) is 0.920. The van der Waals surface area contributed by atoms with Crippen LogP contribution in [0.4, 0.5) is 11.6 Å². The number of azide groups is 1. The van der Waals surface area contributed by atoms with Gasteiger partial charge in [-0.15, -0.1) is 0 Å². The summed E-state index contributed by atoms with van der Waals surface area (Å²) >= 11 is 0. The minimum atomic E-state index is -0.898. The summed E-state index contributed by atoms with van der Waals surface area (Å²) in [6.07, 6.45) is 3.12. The zero-order chi connectivity index (χ0) is 28.1. The molecule has 202 valence electrons. The van der Waals surface area contributed by atoms with Crippen molar-refractivity contribution in [2.45, 2.75) is 64.7 Å². The number of fused-ring (bicyclic) bond motifs is 2. The summed E-state index contributed by atoms with van der Waals surface area (Å²) in [5.41, 5.74) is 9.39. The molecule has 1 atom stereocenters. The van der Waals surface area contributed by atoms with Crippen molar-refractivity contribution in [3.8, 4) is 5.88 Å². The number of aromatic nitrogens is 3. The summed E-state index contributed by atoms with van der Waals surface area (Å²) in [4.78, 5) is 42.5. The second kappa shape index (κ2) is 9.39. The predicted octanol–water partition coefficient (Wildman–Crippen LogP) is 4.98. The molecule has 39 heavy (non-hydrogen) atoms. The van der Waals surface area contributed by atoms with Crippen LogP contribution in [0, 0.1) is 0 Å². The Kier molecular flexibility index (Phi) is 6.30. The maximum absolute atomic E-state index is 12.5. The van der Waals surface area contributed by atoms with E-state index >= 15 is 0 Å². The number of ether oxygens (including phenoxy) is 2. The van der Waals surface area contributed by atoms with E-state index in [2.05, 4.69) is 25.3 Å². The number of anilines is 2. The molecule has 0 spiro atoms. The van der Waals surface area contributed by atoms with E-state index in [1.165, 1.54) is 6.92 Å². The number of rotatable bonds is 6. The van der Waals surface area contributed by atoms with E-state index in [0.717, 1.165) is 5.39 Å². The Bertz CT molecular complexity index is 1540. The molecule has 0 aliphatic carbocycles. The van der Waals surface area contributed by atoms with Gasteiger partial charge in [0, 0.05) is 30.1 Å². The minimum Gasteiger partial charge on any atom is -0.470 e. The van der Waals surface area contributed by atoms with Gasteiger partial charge in [0.05, 0.1) is 35.3 Å². The molecule has 3 aromatic rings. The van der Waals surface area contributed by atoms with Crippen LogP contribution < -0.4 is 10.1 Å². The number of carbonyl (C=O) groups is 2. The fourth-order valence-electron chi connectivity index (χ4n) is 4.74. The number of cyclic esters (lactones) is 1. The first-order valence-corrected chi connectivity index (χ1v) is 12.7. The van der Waals surface area contributed by atoms with Crippen LogP contribution in [0.15, 0.2) is 35.7 Å². The molecule has 2 aliphatic heterocycles. The van der Waals surface area contributed by atoms with E-state index < -0.39 is 11.1 Å². The van der Waals surface area contributed by atoms with Crippen molar-refractivity contribution in [1.29, 1.82) is 0 Å². The summed E-state index contributed by atoms with van der Waals surface area (Å²) in [6, 6.07) is 5.24. The molecule has 1 N–H and O–H groups in total. The summed E-state index contributed by atoms with van der Waals surface area (Å²) in [7, 11) is 0. The standard InChI is InChI=1S/C27H30N8O4/c1-14-23-17(25(37)39-27(14,5)6)7-8-21(32-23)31-22-9-18-19(10-29-22)24(38-16-12-35(13-16)15(2)36)30-11-20(18)26(3,4)33-34-28/h7-11,14,16H,12-13H2,1-6H3,(H,29,31,32). The highest BCUT2D eigenvalue weighted by Gasteiger charge is 2.40. The smallest absolute Gasteiger partial charge is 0.340 e. The molecule has 5 rings (SSSR count). The van der Waals surface area contributed by atoms with Crippen LogP contribution in [0.3, 0.4) is 0 Å². The van der Waals surface area contributed by atoms with Crippen molar-refractivity contribution in [3.63, 3.8) is 0 Å². The lowest BCUT2D eigenvalue weighted by molar-refractivity contribution is -0.137. The second-order valence-electron chi connectivity index (χ2n) is 11.0. The number of esters is 1. The van der Waals surface area contributed by atoms with Crippen LogP contribution in [0.5, 0.6) is 5.88 Å². The van der Waals surface area contributed by atoms with E-state index in [9.17, 15) is 9.59 Å². The Hall–Kier alpha value is -4.44. The van der Waals surface area contributed by atoms with E-state index in [1.807, 2.05) is 26.8 Å². The third-order valence-corrected chi connectivity index (χ3v) is 7.47. The molecule has 12 nitrogen and oxygen atoms in total. The minimum absolute atomic E-state index is 0.00199. The Morgan fingerprint density at radius 3 is 2.67 bits per heavy atom. The molecular weight excluding hydrogens is 500 g/mol. The van der Waals surface area contributed by atoms with Gasteiger partial charge in [-0.3, -0.25) is 4.79 Å². The van der Waals surface area contributed by atoms with Gasteiger partial charge in [0.2, 0.25) is 11.8 Å². The Balaban J connectivity index is 1.51. The van der Waals surface area contributed by atoms with Crippen molar-refractivity contribution in [3.05, 3.63) is 57.9 Å². The zero-order valence-corrected chi connectivity index (χ0v) is 22.7. The highest BCUT2D eigenvalue weighted by Crippen LogP contribution is 2.39. The molecule has 1 amide bonds. The number of nitrogens with zero attached hydrogens (tertiary/aromatic N) is 7. The molecule has 1 saturated heterocycles. The van der Waals surface area contributed by atoms with Gasteiger partial charge >= 0.3 is 5.97 Å². The number of hydrogen-bond acceptors (Lipinski definition) is 9. The van der Waals surface area contributed by atoms with Gasteiger partial charge in [-0.2, -0.15) is 0 Å². The lowest BCUT2D eigenvalue weighted by Crippen LogP contribution is -2.55. The Labute approximate surface area is 225 Å². The largest absolute Gasteiger partial charge is 0.470 e. The second-order valence-corrected chi connectivity index (χ2v) is 11.0. The maximum atomic E-state index is 12.5. The van der Waals surface area contributed by atoms with Gasteiger partial charge in [0.25, 0.3) is 0 Å². The summed E-state index contributed by atoms with van der Waals surface area (Å²) < 4.78 is 11.7. The lowest BCUT2D eigenvalue weighted by atomic mass is 9.84. The Morgan fingerprint density at radius 1 is 1.23 bits per heavy atom. The molecular formula is C27H30N8O4. The van der Waals surface area contributed by atoms with E-state index in [-0.39, 0.29) is 23.9 Å². The number of nitrogens with one attached hydrogen (secondary N) is 1. The topological polar surface area (TPSA) is 155 Å². The van der Waals surface area contributed by atoms with Crippen molar-refractivity contribution in [1.82, 2.24) is 19.9 Å². The predicted molar refractivity (Wildman–Crippen MR) is 144 cm³/mol. The van der Waals surface area contributed by atoms with E-state index in [1.54, 1.807) is 43.3 Å². The van der Waals surface area contributed by atoms with Gasteiger partial charge in [0.1, 0.15) is 23.3 Å². The average Bonchev–Trinajstić information content (AvgIpc) is 2.83. The Morgan fingerprint density at radius 2 is 1.97 bits per heavy atom. The monoisotopic (exact) mass is 530 g/mol. The van der Waals surface area contributed by atoms with Crippen LogP contribution in [-0.2, 0) is 15.1 Å². The lowest BCUT2D eigenvalue weighted by Gasteiger charge is -2.38. The molecule has 0 aromatic carbocycles. The highest BCUT2D eigenvalue weighted by molar-refractivity contribution is 5.93. The molecule has 0 radical (unpaired) electrons. The third-order valence-electron chi connectivity index (χ3n) is 7.47. The first-order valence-electron chi connectivity index (χ1n) is 12.7. The normalized spacial score (nSPS) is 18.5. The van der Waals surface area contributed by atoms with E-state index in [4.69, 9.17) is 20.0 Å². The molecule has 12 heteroatoms. The zero-order valence-electron chi connectivity index (χ0n) is 22.7. The maximum Gasteiger partial charge on any atom is 0.340 e. The van der Waals surface area contributed by atoms with Crippen molar-refractivity contribution < 1.29 is 19.1 Å². The fourth-order valence-corrected chi connectivity index (χ4v) is 4.74. The van der Waals surface area contributed by atoms with Crippen molar-refractivity contribution in [2.24, 2.45) is 5.11 Å². The fraction of sp³-hybridized carbons (Fsp3) is 0.444. The number of carbonyl (C=O) groups excluding carboxylic acids is 2. The van der Waals surface area contributed by atoms with Gasteiger partial charge in [0.15, 0.2) is 0 Å².